The van der Waals surface area contributed by atoms with Crippen LogP contribution in [0.5, 0.6) is 11.5 Å². The summed E-state index contributed by atoms with van der Waals surface area (Å²) in [6, 6.07) is 5.11. The molecule has 1 aliphatic carbocycles. The third-order valence-electron chi connectivity index (χ3n) is 3.21. The number of carbonyl (C=O) groups excluding carboxylic acids is 2. The Balaban J connectivity index is 1.58. The number of benzene rings is 1. The van der Waals surface area contributed by atoms with E-state index in [1.54, 1.807) is 25.1 Å². The minimum absolute atomic E-state index is 0.0178. The Labute approximate surface area is 116 Å². The van der Waals surface area contributed by atoms with Crippen LogP contribution in [0.4, 0.5) is 5.69 Å². The van der Waals surface area contributed by atoms with Crippen LogP contribution in [-0.4, -0.2) is 24.8 Å². The number of fused-ring (bicyclic) bond motifs is 1. The third-order valence-corrected chi connectivity index (χ3v) is 3.21. The van der Waals surface area contributed by atoms with Crippen molar-refractivity contribution in [1.82, 2.24) is 0 Å². The van der Waals surface area contributed by atoms with E-state index in [-0.39, 0.29) is 24.6 Å². The number of amides is 1. The van der Waals surface area contributed by atoms with Gasteiger partial charge in [0.25, 0.3) is 5.91 Å². The Morgan fingerprint density at radius 3 is 2.80 bits per heavy atom. The molecular weight excluding hydrogens is 262 g/mol. The fourth-order valence-corrected chi connectivity index (χ4v) is 1.86. The van der Waals surface area contributed by atoms with E-state index in [0.29, 0.717) is 17.2 Å². The maximum Gasteiger partial charge on any atom is 0.309 e. The summed E-state index contributed by atoms with van der Waals surface area (Å²) in [7, 11) is 0. The van der Waals surface area contributed by atoms with Gasteiger partial charge in [-0.15, -0.1) is 0 Å². The molecule has 1 saturated carbocycles. The van der Waals surface area contributed by atoms with Crippen LogP contribution in [0.15, 0.2) is 18.2 Å². The van der Waals surface area contributed by atoms with Gasteiger partial charge < -0.3 is 19.5 Å². The fraction of sp³-hybridized carbons (Fsp3) is 0.429. The number of nitrogens with one attached hydrogen (secondary N) is 1. The molecule has 2 aliphatic rings. The monoisotopic (exact) mass is 277 g/mol. The number of rotatable bonds is 4. The maximum absolute atomic E-state index is 11.9. The highest BCUT2D eigenvalue weighted by Crippen LogP contribution is 2.34. The molecule has 1 aromatic carbocycles. The molecule has 1 fully saturated rings. The summed E-state index contributed by atoms with van der Waals surface area (Å²) < 4.78 is 15.5. The number of ether oxygens (including phenoxy) is 3. The van der Waals surface area contributed by atoms with Crippen LogP contribution in [0.25, 0.3) is 0 Å². The van der Waals surface area contributed by atoms with E-state index in [4.69, 9.17) is 14.2 Å². The SMILES string of the molecule is C[C@H](OC(=O)C1CC1)C(=O)Nc1ccc2c(c1)OCO2. The highest BCUT2D eigenvalue weighted by molar-refractivity contribution is 5.95. The van der Waals surface area contributed by atoms with Gasteiger partial charge in [-0.05, 0) is 31.9 Å². The molecule has 0 aromatic heterocycles. The normalized spacial score (nSPS) is 17.4. The average Bonchev–Trinajstić information content (AvgIpc) is 3.17. The van der Waals surface area contributed by atoms with E-state index in [2.05, 4.69) is 5.32 Å². The van der Waals surface area contributed by atoms with Crippen molar-refractivity contribution in [2.24, 2.45) is 5.92 Å². The van der Waals surface area contributed by atoms with Crippen LogP contribution in [0, 0.1) is 5.92 Å². The molecule has 6 nitrogen and oxygen atoms in total. The molecule has 1 aliphatic heterocycles. The zero-order valence-electron chi connectivity index (χ0n) is 11.0. The maximum atomic E-state index is 11.9. The quantitative estimate of drug-likeness (QED) is 0.848. The molecule has 6 heteroatoms. The van der Waals surface area contributed by atoms with Gasteiger partial charge in [-0.2, -0.15) is 0 Å². The van der Waals surface area contributed by atoms with Crippen molar-refractivity contribution in [2.75, 3.05) is 12.1 Å². The van der Waals surface area contributed by atoms with Gasteiger partial charge in [-0.3, -0.25) is 9.59 Å². The van der Waals surface area contributed by atoms with Crippen LogP contribution in [0.3, 0.4) is 0 Å². The topological polar surface area (TPSA) is 73.9 Å². The van der Waals surface area contributed by atoms with Crippen molar-refractivity contribution in [3.63, 3.8) is 0 Å². The number of esters is 1. The molecular formula is C14H15NO5. The Kier molecular flexibility index (Phi) is 3.22. The summed E-state index contributed by atoms with van der Waals surface area (Å²) in [6.07, 6.45) is 0.901. The van der Waals surface area contributed by atoms with Gasteiger partial charge in [0.15, 0.2) is 17.6 Å². The van der Waals surface area contributed by atoms with Crippen molar-refractivity contribution in [2.45, 2.75) is 25.9 Å². The molecule has 0 bridgehead atoms. The average molecular weight is 277 g/mol. The van der Waals surface area contributed by atoms with Gasteiger partial charge in [0.1, 0.15) is 0 Å². The van der Waals surface area contributed by atoms with E-state index in [0.717, 1.165) is 12.8 Å². The zero-order valence-corrected chi connectivity index (χ0v) is 11.0. The Hall–Kier alpha value is -2.24. The summed E-state index contributed by atoms with van der Waals surface area (Å²) in [6.45, 7) is 1.74. The second kappa shape index (κ2) is 5.03. The summed E-state index contributed by atoms with van der Waals surface area (Å²) >= 11 is 0. The standard InChI is InChI=1S/C14H15NO5/c1-8(20-14(17)9-2-3-9)13(16)15-10-4-5-11-12(6-10)19-7-18-11/h4-6,8-9H,2-3,7H2,1H3,(H,15,16)/t8-/m0/s1. The first-order valence-corrected chi connectivity index (χ1v) is 6.54. The third kappa shape index (κ3) is 2.68. The van der Waals surface area contributed by atoms with E-state index in [1.165, 1.54) is 0 Å². The molecule has 1 amide bonds. The van der Waals surface area contributed by atoms with E-state index in [1.807, 2.05) is 0 Å². The lowest BCUT2D eigenvalue weighted by atomic mass is 10.2. The molecule has 0 spiro atoms. The summed E-state index contributed by atoms with van der Waals surface area (Å²) in [5, 5.41) is 2.68. The van der Waals surface area contributed by atoms with Crippen LogP contribution >= 0.6 is 0 Å². The molecule has 1 heterocycles. The Morgan fingerprint density at radius 1 is 1.30 bits per heavy atom. The Bertz CT molecular complexity index is 552. The summed E-state index contributed by atoms with van der Waals surface area (Å²) in [5.41, 5.74) is 0.577. The van der Waals surface area contributed by atoms with E-state index < -0.39 is 6.10 Å². The van der Waals surface area contributed by atoms with Crippen molar-refractivity contribution in [3.8, 4) is 11.5 Å². The second-order valence-electron chi connectivity index (χ2n) is 4.91. The highest BCUT2D eigenvalue weighted by atomic mass is 16.7. The minimum Gasteiger partial charge on any atom is -0.454 e. The molecule has 0 unspecified atom stereocenters. The first kappa shape index (κ1) is 12.8. The smallest absolute Gasteiger partial charge is 0.309 e. The minimum atomic E-state index is -0.812. The van der Waals surface area contributed by atoms with Crippen molar-refractivity contribution >= 4 is 17.6 Å². The van der Waals surface area contributed by atoms with Crippen LogP contribution in [0.1, 0.15) is 19.8 Å². The van der Waals surface area contributed by atoms with E-state index >= 15 is 0 Å². The molecule has 106 valence electrons. The predicted octanol–water partition coefficient (Wildman–Crippen LogP) is 1.70. The van der Waals surface area contributed by atoms with Crippen LogP contribution in [-0.2, 0) is 14.3 Å². The van der Waals surface area contributed by atoms with Crippen LogP contribution in [0.2, 0.25) is 0 Å². The van der Waals surface area contributed by atoms with Crippen molar-refractivity contribution in [3.05, 3.63) is 18.2 Å². The molecule has 1 aromatic rings. The molecule has 20 heavy (non-hydrogen) atoms. The molecule has 0 radical (unpaired) electrons. The number of hydrogen-bond donors (Lipinski definition) is 1. The largest absolute Gasteiger partial charge is 0.454 e. The van der Waals surface area contributed by atoms with E-state index in [9.17, 15) is 9.59 Å². The fourth-order valence-electron chi connectivity index (χ4n) is 1.86. The molecule has 0 saturated heterocycles. The van der Waals surface area contributed by atoms with Crippen LogP contribution < -0.4 is 14.8 Å². The number of carbonyl (C=O) groups is 2. The number of anilines is 1. The summed E-state index contributed by atoms with van der Waals surface area (Å²) in [5.74, 6) is 0.564. The molecule has 1 atom stereocenters. The first-order valence-electron chi connectivity index (χ1n) is 6.54. The zero-order chi connectivity index (χ0) is 14.1. The van der Waals surface area contributed by atoms with Crippen molar-refractivity contribution < 1.29 is 23.8 Å². The molecule has 3 rings (SSSR count). The Morgan fingerprint density at radius 2 is 2.05 bits per heavy atom. The van der Waals surface area contributed by atoms with Gasteiger partial charge in [0.2, 0.25) is 6.79 Å². The van der Waals surface area contributed by atoms with Crippen molar-refractivity contribution in [1.29, 1.82) is 0 Å². The van der Waals surface area contributed by atoms with Gasteiger partial charge in [0.05, 0.1) is 5.92 Å². The lowest BCUT2D eigenvalue weighted by Crippen LogP contribution is -2.30. The van der Waals surface area contributed by atoms with Gasteiger partial charge in [-0.25, -0.2) is 0 Å². The lowest BCUT2D eigenvalue weighted by Gasteiger charge is -2.13. The first-order chi connectivity index (χ1) is 9.63. The lowest BCUT2D eigenvalue weighted by molar-refractivity contribution is -0.154. The highest BCUT2D eigenvalue weighted by Gasteiger charge is 2.33. The molecule has 1 N–H and O–H groups in total. The second-order valence-corrected chi connectivity index (χ2v) is 4.91. The predicted molar refractivity (Wildman–Crippen MR) is 69.5 cm³/mol. The summed E-state index contributed by atoms with van der Waals surface area (Å²) in [4.78, 5) is 23.4. The van der Waals surface area contributed by atoms with Gasteiger partial charge >= 0.3 is 5.97 Å². The van der Waals surface area contributed by atoms with Gasteiger partial charge in [-0.1, -0.05) is 0 Å². The number of hydrogen-bond acceptors (Lipinski definition) is 5. The van der Waals surface area contributed by atoms with Gasteiger partial charge in [0, 0.05) is 11.8 Å².